The first kappa shape index (κ1) is 12.2. The predicted octanol–water partition coefficient (Wildman–Crippen LogP) is 2.29. The van der Waals surface area contributed by atoms with Crippen LogP contribution in [0, 0.1) is 0 Å². The Morgan fingerprint density at radius 1 is 1.17 bits per heavy atom. The SMILES string of the molecule is COc1ccc(OCCc2ccccc2N)nc1. The first-order valence-electron chi connectivity index (χ1n) is 5.76. The van der Waals surface area contributed by atoms with Gasteiger partial charge in [-0.3, -0.25) is 0 Å². The van der Waals surface area contributed by atoms with Gasteiger partial charge in [-0.2, -0.15) is 0 Å². The summed E-state index contributed by atoms with van der Waals surface area (Å²) in [6.45, 7) is 0.549. The van der Waals surface area contributed by atoms with Gasteiger partial charge in [0.05, 0.1) is 19.9 Å². The van der Waals surface area contributed by atoms with Crippen LogP contribution in [0.25, 0.3) is 0 Å². The number of pyridine rings is 1. The molecule has 0 amide bonds. The monoisotopic (exact) mass is 244 g/mol. The van der Waals surface area contributed by atoms with Crippen LogP contribution in [-0.4, -0.2) is 18.7 Å². The van der Waals surface area contributed by atoms with E-state index in [9.17, 15) is 0 Å². The molecule has 0 saturated heterocycles. The minimum Gasteiger partial charge on any atom is -0.495 e. The van der Waals surface area contributed by atoms with Crippen molar-refractivity contribution in [2.75, 3.05) is 19.5 Å². The van der Waals surface area contributed by atoms with Crippen molar-refractivity contribution in [1.29, 1.82) is 0 Å². The summed E-state index contributed by atoms with van der Waals surface area (Å²) in [6, 6.07) is 11.4. The van der Waals surface area contributed by atoms with Crippen molar-refractivity contribution in [1.82, 2.24) is 4.98 Å². The zero-order chi connectivity index (χ0) is 12.8. The van der Waals surface area contributed by atoms with Crippen LogP contribution in [-0.2, 0) is 6.42 Å². The molecule has 0 saturated carbocycles. The van der Waals surface area contributed by atoms with Gasteiger partial charge in [0.2, 0.25) is 5.88 Å². The Hall–Kier alpha value is -2.23. The summed E-state index contributed by atoms with van der Waals surface area (Å²) >= 11 is 0. The number of nitrogens with zero attached hydrogens (tertiary/aromatic N) is 1. The van der Waals surface area contributed by atoms with Crippen LogP contribution in [0.2, 0.25) is 0 Å². The number of benzene rings is 1. The van der Waals surface area contributed by atoms with Gasteiger partial charge >= 0.3 is 0 Å². The molecule has 0 aliphatic rings. The Bertz CT molecular complexity index is 497. The van der Waals surface area contributed by atoms with Crippen molar-refractivity contribution in [3.63, 3.8) is 0 Å². The quantitative estimate of drug-likeness (QED) is 0.820. The number of ether oxygens (including phenoxy) is 2. The number of hydrogen-bond donors (Lipinski definition) is 1. The minimum atomic E-state index is 0.549. The zero-order valence-electron chi connectivity index (χ0n) is 10.3. The fraction of sp³-hybridized carbons (Fsp3) is 0.214. The summed E-state index contributed by atoms with van der Waals surface area (Å²) in [5.74, 6) is 1.31. The van der Waals surface area contributed by atoms with E-state index in [1.54, 1.807) is 19.4 Å². The molecule has 2 rings (SSSR count). The molecule has 18 heavy (non-hydrogen) atoms. The summed E-state index contributed by atoms with van der Waals surface area (Å²) in [5.41, 5.74) is 7.73. The van der Waals surface area contributed by atoms with E-state index in [2.05, 4.69) is 4.98 Å². The van der Waals surface area contributed by atoms with Crippen molar-refractivity contribution in [2.45, 2.75) is 6.42 Å². The Kier molecular flexibility index (Phi) is 4.02. The number of nitrogen functional groups attached to an aromatic ring is 1. The summed E-state index contributed by atoms with van der Waals surface area (Å²) < 4.78 is 10.6. The first-order valence-corrected chi connectivity index (χ1v) is 5.76. The van der Waals surface area contributed by atoms with Gasteiger partial charge in [0.15, 0.2) is 0 Å². The maximum atomic E-state index is 5.85. The highest BCUT2D eigenvalue weighted by Crippen LogP contribution is 2.14. The highest BCUT2D eigenvalue weighted by molar-refractivity contribution is 5.46. The smallest absolute Gasteiger partial charge is 0.213 e. The molecule has 0 radical (unpaired) electrons. The van der Waals surface area contributed by atoms with Gasteiger partial charge in [-0.15, -0.1) is 0 Å². The van der Waals surface area contributed by atoms with Crippen LogP contribution in [0.15, 0.2) is 42.6 Å². The van der Waals surface area contributed by atoms with E-state index in [4.69, 9.17) is 15.2 Å². The molecule has 4 nitrogen and oxygen atoms in total. The molecule has 0 aliphatic carbocycles. The molecule has 1 aromatic heterocycles. The number of rotatable bonds is 5. The van der Waals surface area contributed by atoms with E-state index in [0.29, 0.717) is 12.5 Å². The molecule has 0 atom stereocenters. The number of para-hydroxylation sites is 1. The molecule has 1 aromatic carbocycles. The molecule has 2 N–H and O–H groups in total. The largest absolute Gasteiger partial charge is 0.495 e. The van der Waals surface area contributed by atoms with Crippen molar-refractivity contribution in [2.24, 2.45) is 0 Å². The van der Waals surface area contributed by atoms with Crippen LogP contribution in [0.3, 0.4) is 0 Å². The summed E-state index contributed by atoms with van der Waals surface area (Å²) in [5, 5.41) is 0. The van der Waals surface area contributed by atoms with E-state index in [1.807, 2.05) is 30.3 Å². The minimum absolute atomic E-state index is 0.549. The van der Waals surface area contributed by atoms with Gasteiger partial charge in [-0.1, -0.05) is 18.2 Å². The van der Waals surface area contributed by atoms with Gasteiger partial charge < -0.3 is 15.2 Å². The molecule has 0 fully saturated rings. The number of methoxy groups -OCH3 is 1. The third-order valence-corrected chi connectivity index (χ3v) is 2.62. The molecule has 94 valence electrons. The predicted molar refractivity (Wildman–Crippen MR) is 70.8 cm³/mol. The molecule has 0 unspecified atom stereocenters. The zero-order valence-corrected chi connectivity index (χ0v) is 10.3. The lowest BCUT2D eigenvalue weighted by Crippen LogP contribution is -2.04. The second-order valence-corrected chi connectivity index (χ2v) is 3.83. The Labute approximate surface area is 106 Å². The highest BCUT2D eigenvalue weighted by Gasteiger charge is 2.00. The number of hydrogen-bond acceptors (Lipinski definition) is 4. The molecular weight excluding hydrogens is 228 g/mol. The highest BCUT2D eigenvalue weighted by atomic mass is 16.5. The van der Waals surface area contributed by atoms with E-state index in [1.165, 1.54) is 0 Å². The standard InChI is InChI=1S/C14H16N2O2/c1-17-12-6-7-14(16-10-12)18-9-8-11-4-2-3-5-13(11)15/h2-7,10H,8-9,15H2,1H3. The van der Waals surface area contributed by atoms with Gasteiger partial charge in [-0.25, -0.2) is 4.98 Å². The summed E-state index contributed by atoms with van der Waals surface area (Å²) in [7, 11) is 1.61. The van der Waals surface area contributed by atoms with Crippen molar-refractivity contribution >= 4 is 5.69 Å². The lowest BCUT2D eigenvalue weighted by Gasteiger charge is -2.07. The first-order chi connectivity index (χ1) is 8.79. The molecule has 1 heterocycles. The summed E-state index contributed by atoms with van der Waals surface area (Å²) in [4.78, 5) is 4.12. The second kappa shape index (κ2) is 5.91. The van der Waals surface area contributed by atoms with Crippen LogP contribution in [0.5, 0.6) is 11.6 Å². The van der Waals surface area contributed by atoms with E-state index in [0.717, 1.165) is 23.4 Å². The average Bonchev–Trinajstić information content (AvgIpc) is 2.42. The van der Waals surface area contributed by atoms with Crippen LogP contribution in [0.4, 0.5) is 5.69 Å². The van der Waals surface area contributed by atoms with Crippen LogP contribution in [0.1, 0.15) is 5.56 Å². The fourth-order valence-electron chi connectivity index (χ4n) is 1.60. The normalized spacial score (nSPS) is 10.1. The van der Waals surface area contributed by atoms with E-state index < -0.39 is 0 Å². The lowest BCUT2D eigenvalue weighted by atomic mass is 10.1. The Morgan fingerprint density at radius 3 is 2.67 bits per heavy atom. The van der Waals surface area contributed by atoms with E-state index in [-0.39, 0.29) is 0 Å². The average molecular weight is 244 g/mol. The van der Waals surface area contributed by atoms with Crippen molar-refractivity contribution in [3.8, 4) is 11.6 Å². The number of anilines is 1. The number of aromatic nitrogens is 1. The van der Waals surface area contributed by atoms with Gasteiger partial charge in [0.1, 0.15) is 5.75 Å². The topological polar surface area (TPSA) is 57.4 Å². The van der Waals surface area contributed by atoms with Crippen molar-refractivity contribution < 1.29 is 9.47 Å². The molecule has 4 heteroatoms. The third-order valence-electron chi connectivity index (χ3n) is 2.62. The van der Waals surface area contributed by atoms with Crippen LogP contribution < -0.4 is 15.2 Å². The Balaban J connectivity index is 1.86. The molecule has 0 bridgehead atoms. The van der Waals surface area contributed by atoms with E-state index >= 15 is 0 Å². The van der Waals surface area contributed by atoms with Crippen molar-refractivity contribution in [3.05, 3.63) is 48.2 Å². The molecular formula is C14H16N2O2. The third kappa shape index (κ3) is 3.13. The maximum Gasteiger partial charge on any atom is 0.213 e. The fourth-order valence-corrected chi connectivity index (χ4v) is 1.60. The molecule has 0 spiro atoms. The lowest BCUT2D eigenvalue weighted by molar-refractivity contribution is 0.308. The molecule has 2 aromatic rings. The van der Waals surface area contributed by atoms with Gasteiger partial charge in [0.25, 0.3) is 0 Å². The second-order valence-electron chi connectivity index (χ2n) is 3.83. The van der Waals surface area contributed by atoms with Crippen LogP contribution >= 0.6 is 0 Å². The van der Waals surface area contributed by atoms with Gasteiger partial charge in [0, 0.05) is 18.2 Å². The number of nitrogens with two attached hydrogens (primary N) is 1. The Morgan fingerprint density at radius 2 is 2.00 bits per heavy atom. The van der Waals surface area contributed by atoms with Gasteiger partial charge in [-0.05, 0) is 17.7 Å². The summed E-state index contributed by atoms with van der Waals surface area (Å²) in [6.07, 6.45) is 2.40. The maximum absolute atomic E-state index is 5.85. The molecule has 0 aliphatic heterocycles.